The van der Waals surface area contributed by atoms with E-state index in [0.717, 1.165) is 6.07 Å². The largest absolute Gasteiger partial charge is 0.491 e. The van der Waals surface area contributed by atoms with Gasteiger partial charge in [0.2, 0.25) is 5.79 Å². The van der Waals surface area contributed by atoms with E-state index < -0.39 is 48.7 Å². The zero-order valence-corrected chi connectivity index (χ0v) is 18.7. The molecular weight excluding hydrogens is 435 g/mol. The van der Waals surface area contributed by atoms with Crippen LogP contribution in [0, 0.1) is 5.82 Å². The second-order valence-electron chi connectivity index (χ2n) is 8.69. The monoisotopic (exact) mass is 466 g/mol. The molecule has 1 saturated heterocycles. The Kier molecular flexibility index (Phi) is 7.75. The molecule has 0 amide bonds. The molecule has 1 aliphatic heterocycles. The Bertz CT molecular complexity index is 948. The Morgan fingerprint density at radius 2 is 1.67 bits per heavy atom. The van der Waals surface area contributed by atoms with Gasteiger partial charge in [-0.1, -0.05) is 12.1 Å². The number of rotatable bonds is 7. The Balaban J connectivity index is 2.06. The number of hydrogen-bond donors (Lipinski definition) is 6. The maximum atomic E-state index is 15.2. The first kappa shape index (κ1) is 25.5. The van der Waals surface area contributed by atoms with E-state index in [1.165, 1.54) is 13.0 Å². The molecule has 2 aromatic carbocycles. The average Bonchev–Trinajstić information content (AvgIpc) is 2.76. The molecule has 6 atom stereocenters. The fraction of sp³-hybridized carbons (Fsp3) is 0.500. The fourth-order valence-corrected chi connectivity index (χ4v) is 4.01. The molecule has 182 valence electrons. The third kappa shape index (κ3) is 5.20. The summed E-state index contributed by atoms with van der Waals surface area (Å²) in [7, 11) is 0. The molecule has 0 aliphatic carbocycles. The van der Waals surface area contributed by atoms with E-state index in [4.69, 9.17) is 9.47 Å². The van der Waals surface area contributed by atoms with Crippen molar-refractivity contribution in [3.05, 3.63) is 64.5 Å². The normalized spacial score (nSPS) is 28.7. The number of aliphatic hydroxyl groups excluding tert-OH is 5. The maximum Gasteiger partial charge on any atom is 0.222 e. The van der Waals surface area contributed by atoms with Crippen molar-refractivity contribution in [1.29, 1.82) is 0 Å². The summed E-state index contributed by atoms with van der Waals surface area (Å²) >= 11 is 0. The number of halogens is 1. The van der Waals surface area contributed by atoms with Crippen molar-refractivity contribution in [3.63, 3.8) is 0 Å². The van der Waals surface area contributed by atoms with Crippen LogP contribution in [0.3, 0.4) is 0 Å². The molecule has 0 spiro atoms. The summed E-state index contributed by atoms with van der Waals surface area (Å²) < 4.78 is 26.3. The predicted octanol–water partition coefficient (Wildman–Crippen LogP) is 0.703. The molecule has 6 N–H and O–H groups in total. The van der Waals surface area contributed by atoms with Crippen LogP contribution in [0.4, 0.5) is 4.39 Å². The van der Waals surface area contributed by atoms with Crippen LogP contribution in [0.1, 0.15) is 43.0 Å². The minimum absolute atomic E-state index is 0.0197. The molecule has 8 nitrogen and oxygen atoms in total. The Morgan fingerprint density at radius 3 is 2.21 bits per heavy atom. The lowest BCUT2D eigenvalue weighted by Gasteiger charge is -2.47. The van der Waals surface area contributed by atoms with E-state index in [1.807, 2.05) is 13.8 Å². The molecule has 0 aromatic heterocycles. The van der Waals surface area contributed by atoms with Gasteiger partial charge < -0.3 is 40.1 Å². The standard InChI is InChI=1S/C24H31FO8/c1-12(2)32-16-6-4-14(5-7-16)8-17-18(9-15(11-26)10-19(17)25)24(31)23(30)21(29)20(28)22(33-24)13(3)27/h4-7,9-10,12-13,20-23,26-31H,8,11H2,1-3H3/t13-,20-,21-,22+,23+,24+/m0/s1. The van der Waals surface area contributed by atoms with E-state index in [9.17, 15) is 30.6 Å². The lowest BCUT2D eigenvalue weighted by molar-refractivity contribution is -0.364. The lowest BCUT2D eigenvalue weighted by Crippen LogP contribution is -2.65. The Labute approximate surface area is 191 Å². The molecule has 1 heterocycles. The van der Waals surface area contributed by atoms with Crippen LogP contribution in [0.15, 0.2) is 36.4 Å². The predicted molar refractivity (Wildman–Crippen MR) is 116 cm³/mol. The van der Waals surface area contributed by atoms with Crippen molar-refractivity contribution in [3.8, 4) is 5.75 Å². The van der Waals surface area contributed by atoms with Gasteiger partial charge in [0, 0.05) is 17.5 Å². The van der Waals surface area contributed by atoms with Gasteiger partial charge in [0.25, 0.3) is 0 Å². The van der Waals surface area contributed by atoms with Crippen LogP contribution in [0.2, 0.25) is 0 Å². The van der Waals surface area contributed by atoms with E-state index in [0.29, 0.717) is 11.3 Å². The highest BCUT2D eigenvalue weighted by molar-refractivity contribution is 5.41. The van der Waals surface area contributed by atoms with Gasteiger partial charge in [0.15, 0.2) is 0 Å². The van der Waals surface area contributed by atoms with Crippen molar-refractivity contribution < 1.29 is 44.5 Å². The molecule has 33 heavy (non-hydrogen) atoms. The van der Waals surface area contributed by atoms with Gasteiger partial charge in [-0.2, -0.15) is 0 Å². The smallest absolute Gasteiger partial charge is 0.222 e. The molecule has 1 fully saturated rings. The Morgan fingerprint density at radius 1 is 1.03 bits per heavy atom. The van der Waals surface area contributed by atoms with Crippen LogP contribution >= 0.6 is 0 Å². The summed E-state index contributed by atoms with van der Waals surface area (Å²) in [5.41, 5.74) is 0.493. The third-order valence-corrected chi connectivity index (χ3v) is 5.70. The van der Waals surface area contributed by atoms with Crippen molar-refractivity contribution in [2.24, 2.45) is 0 Å². The second kappa shape index (κ2) is 10.0. The van der Waals surface area contributed by atoms with Gasteiger partial charge in [0.05, 0.1) is 18.8 Å². The minimum atomic E-state index is -2.66. The highest BCUT2D eigenvalue weighted by Crippen LogP contribution is 2.40. The number of benzene rings is 2. The van der Waals surface area contributed by atoms with Crippen LogP contribution in [-0.4, -0.2) is 67.3 Å². The highest BCUT2D eigenvalue weighted by Gasteiger charge is 2.55. The van der Waals surface area contributed by atoms with Gasteiger partial charge >= 0.3 is 0 Å². The molecule has 2 aromatic rings. The zero-order valence-electron chi connectivity index (χ0n) is 18.7. The molecule has 1 aliphatic rings. The summed E-state index contributed by atoms with van der Waals surface area (Å²) in [6.45, 7) is 4.51. The fourth-order valence-electron chi connectivity index (χ4n) is 4.01. The van der Waals surface area contributed by atoms with Crippen LogP contribution in [0.25, 0.3) is 0 Å². The first-order valence-corrected chi connectivity index (χ1v) is 10.8. The summed E-state index contributed by atoms with van der Waals surface area (Å²) in [5.74, 6) is -2.80. The lowest BCUT2D eigenvalue weighted by atomic mass is 9.83. The van der Waals surface area contributed by atoms with Crippen molar-refractivity contribution >= 4 is 0 Å². The van der Waals surface area contributed by atoms with Crippen molar-refractivity contribution in [1.82, 2.24) is 0 Å². The quantitative estimate of drug-likeness (QED) is 0.351. The summed E-state index contributed by atoms with van der Waals surface area (Å²) in [6.07, 6.45) is -8.46. The number of ether oxygens (including phenoxy) is 2. The maximum absolute atomic E-state index is 15.2. The van der Waals surface area contributed by atoms with E-state index in [2.05, 4.69) is 0 Å². The van der Waals surface area contributed by atoms with Gasteiger partial charge in [0.1, 0.15) is 36.0 Å². The van der Waals surface area contributed by atoms with Gasteiger partial charge in [-0.15, -0.1) is 0 Å². The van der Waals surface area contributed by atoms with Crippen molar-refractivity contribution in [2.45, 2.75) is 76.2 Å². The molecule has 0 radical (unpaired) electrons. The van der Waals surface area contributed by atoms with E-state index >= 15 is 4.39 Å². The molecular formula is C24H31FO8. The number of aliphatic hydroxyl groups is 6. The summed E-state index contributed by atoms with van der Waals surface area (Å²) in [6, 6.07) is 9.26. The van der Waals surface area contributed by atoms with Crippen LogP contribution in [0.5, 0.6) is 5.75 Å². The second-order valence-corrected chi connectivity index (χ2v) is 8.69. The molecule has 0 saturated carbocycles. The van der Waals surface area contributed by atoms with E-state index in [-0.39, 0.29) is 29.2 Å². The summed E-state index contributed by atoms with van der Waals surface area (Å²) in [5, 5.41) is 62.0. The zero-order chi connectivity index (χ0) is 24.5. The Hall–Kier alpha value is -2.11. The molecule has 0 bridgehead atoms. The van der Waals surface area contributed by atoms with Crippen LogP contribution < -0.4 is 4.74 Å². The SMILES string of the molecule is CC(C)Oc1ccc(Cc2c(F)cc(CO)cc2[C@@]2(O)O[C@H]([C@H](C)O)[C@@H](O)[C@H](O)[C@H]2O)cc1. The summed E-state index contributed by atoms with van der Waals surface area (Å²) in [4.78, 5) is 0. The van der Waals surface area contributed by atoms with Crippen LogP contribution in [-0.2, 0) is 23.6 Å². The molecule has 3 rings (SSSR count). The van der Waals surface area contributed by atoms with Gasteiger partial charge in [-0.3, -0.25) is 0 Å². The highest BCUT2D eigenvalue weighted by atomic mass is 19.1. The molecule has 0 unspecified atom stereocenters. The molecule has 9 heteroatoms. The van der Waals surface area contributed by atoms with E-state index in [1.54, 1.807) is 24.3 Å². The van der Waals surface area contributed by atoms with Gasteiger partial charge in [-0.05, 0) is 56.2 Å². The average molecular weight is 467 g/mol. The number of hydrogen-bond acceptors (Lipinski definition) is 8. The first-order valence-electron chi connectivity index (χ1n) is 10.8. The topological polar surface area (TPSA) is 140 Å². The first-order chi connectivity index (χ1) is 15.5. The van der Waals surface area contributed by atoms with Crippen molar-refractivity contribution in [2.75, 3.05) is 0 Å². The third-order valence-electron chi connectivity index (χ3n) is 5.70. The van der Waals surface area contributed by atoms with Gasteiger partial charge in [-0.25, -0.2) is 4.39 Å². The minimum Gasteiger partial charge on any atom is -0.491 e.